The summed E-state index contributed by atoms with van der Waals surface area (Å²) >= 11 is 6.26. The van der Waals surface area contributed by atoms with Gasteiger partial charge < -0.3 is 9.47 Å². The van der Waals surface area contributed by atoms with Crippen molar-refractivity contribution < 1.29 is 14.3 Å². The molecule has 3 aromatic rings. The van der Waals surface area contributed by atoms with Crippen LogP contribution in [0.25, 0.3) is 16.7 Å². The van der Waals surface area contributed by atoms with Gasteiger partial charge in [-0.25, -0.2) is 9.78 Å². The van der Waals surface area contributed by atoms with Gasteiger partial charge in [0.15, 0.2) is 10.8 Å². The third-order valence-electron chi connectivity index (χ3n) is 4.52. The van der Waals surface area contributed by atoms with Gasteiger partial charge in [0.2, 0.25) is 0 Å². The Balaban J connectivity index is 1.89. The van der Waals surface area contributed by atoms with Gasteiger partial charge in [-0.3, -0.25) is 4.40 Å². The van der Waals surface area contributed by atoms with Gasteiger partial charge in [-0.15, -0.1) is 10.2 Å². The lowest BCUT2D eigenvalue weighted by Crippen LogP contribution is -2.30. The highest BCUT2D eigenvalue weighted by Crippen LogP contribution is 2.38. The molecule has 0 bridgehead atoms. The number of halogens is 1. The van der Waals surface area contributed by atoms with Crippen LogP contribution in [0.2, 0.25) is 5.15 Å². The Bertz CT molecular complexity index is 949. The number of rotatable bonds is 3. The van der Waals surface area contributed by atoms with Gasteiger partial charge in [0.1, 0.15) is 5.82 Å². The number of hydrogen-bond acceptors (Lipinski definition) is 6. The molecule has 1 aromatic carbocycles. The predicted octanol–water partition coefficient (Wildman–Crippen LogP) is 2.61. The maximum absolute atomic E-state index is 11.7. The van der Waals surface area contributed by atoms with E-state index in [1.54, 1.807) is 19.2 Å². The minimum Gasteiger partial charge on any atom is -0.465 e. The van der Waals surface area contributed by atoms with Crippen LogP contribution < -0.4 is 0 Å². The number of esters is 1. The standard InChI is InChI=1S/C16H15ClN4O3/c1-23-10-5-9(6-10)14-19-20-15-13(17)18-11-7-8(16(22)24-2)3-4-12(11)21(14)15/h3-4,7,9-10H,5-6H2,1-2H3. The molecule has 0 atom stereocenters. The Hall–Kier alpha value is -2.25. The number of aromatic nitrogens is 4. The van der Waals surface area contributed by atoms with Crippen LogP contribution >= 0.6 is 11.6 Å². The smallest absolute Gasteiger partial charge is 0.337 e. The van der Waals surface area contributed by atoms with Gasteiger partial charge in [-0.05, 0) is 31.0 Å². The van der Waals surface area contributed by atoms with E-state index in [0.717, 1.165) is 24.2 Å². The summed E-state index contributed by atoms with van der Waals surface area (Å²) in [5.74, 6) is 0.700. The van der Waals surface area contributed by atoms with Crippen molar-refractivity contribution in [2.24, 2.45) is 0 Å². The summed E-state index contributed by atoms with van der Waals surface area (Å²) in [6, 6.07) is 5.18. The molecule has 24 heavy (non-hydrogen) atoms. The number of carbonyl (C=O) groups is 1. The fourth-order valence-corrected chi connectivity index (χ4v) is 3.32. The number of nitrogens with zero attached hydrogens (tertiary/aromatic N) is 4. The maximum Gasteiger partial charge on any atom is 0.337 e. The molecule has 0 spiro atoms. The van der Waals surface area contributed by atoms with Crippen LogP contribution in [0.15, 0.2) is 18.2 Å². The number of hydrogen-bond donors (Lipinski definition) is 0. The van der Waals surface area contributed by atoms with Crippen molar-refractivity contribution >= 4 is 34.3 Å². The quantitative estimate of drug-likeness (QED) is 0.678. The normalized spacial score (nSPS) is 20.3. The fraction of sp³-hybridized carbons (Fsp3) is 0.375. The van der Waals surface area contributed by atoms with Gasteiger partial charge in [0.25, 0.3) is 0 Å². The van der Waals surface area contributed by atoms with E-state index in [1.165, 1.54) is 7.11 Å². The second kappa shape index (κ2) is 5.68. The van der Waals surface area contributed by atoms with Crippen molar-refractivity contribution in [3.8, 4) is 0 Å². The highest BCUT2D eigenvalue weighted by atomic mass is 35.5. The zero-order valence-corrected chi connectivity index (χ0v) is 13.9. The molecule has 124 valence electrons. The van der Waals surface area contributed by atoms with Crippen molar-refractivity contribution in [3.63, 3.8) is 0 Å². The zero-order chi connectivity index (χ0) is 16.8. The van der Waals surface area contributed by atoms with Crippen molar-refractivity contribution in [1.82, 2.24) is 19.6 Å². The molecule has 8 heteroatoms. The van der Waals surface area contributed by atoms with E-state index in [1.807, 2.05) is 10.5 Å². The predicted molar refractivity (Wildman–Crippen MR) is 87.4 cm³/mol. The Kier molecular flexibility index (Phi) is 3.62. The van der Waals surface area contributed by atoms with Crippen LogP contribution in [0, 0.1) is 0 Å². The second-order valence-electron chi connectivity index (χ2n) is 5.84. The summed E-state index contributed by atoms with van der Waals surface area (Å²) in [7, 11) is 3.06. The van der Waals surface area contributed by atoms with Crippen LogP contribution in [0.3, 0.4) is 0 Å². The third-order valence-corrected chi connectivity index (χ3v) is 4.78. The molecule has 0 aliphatic heterocycles. The minimum absolute atomic E-state index is 0.255. The van der Waals surface area contributed by atoms with Crippen molar-refractivity contribution in [3.05, 3.63) is 34.7 Å². The summed E-state index contributed by atoms with van der Waals surface area (Å²) in [5.41, 5.74) is 2.35. The van der Waals surface area contributed by atoms with Gasteiger partial charge in [0.05, 0.1) is 29.8 Å². The summed E-state index contributed by atoms with van der Waals surface area (Å²) in [4.78, 5) is 16.1. The monoisotopic (exact) mass is 346 g/mol. The molecule has 1 aliphatic rings. The lowest BCUT2D eigenvalue weighted by molar-refractivity contribution is 0.0235. The first kappa shape index (κ1) is 15.3. The first-order valence-corrected chi connectivity index (χ1v) is 7.95. The molecule has 2 aromatic heterocycles. The second-order valence-corrected chi connectivity index (χ2v) is 6.20. The first-order valence-electron chi connectivity index (χ1n) is 7.57. The molecular formula is C16H15ClN4O3. The van der Waals surface area contributed by atoms with Gasteiger partial charge in [0, 0.05) is 13.0 Å². The minimum atomic E-state index is -0.416. The molecule has 7 nitrogen and oxygen atoms in total. The molecule has 0 amide bonds. The van der Waals surface area contributed by atoms with Crippen molar-refractivity contribution in [2.45, 2.75) is 24.9 Å². The largest absolute Gasteiger partial charge is 0.465 e. The lowest BCUT2D eigenvalue weighted by atomic mass is 9.81. The average Bonchev–Trinajstić information content (AvgIpc) is 2.98. The molecule has 0 radical (unpaired) electrons. The SMILES string of the molecule is COC(=O)c1ccc2c(c1)nc(Cl)c1nnc(C3CC(OC)C3)n12. The molecule has 0 N–H and O–H groups in total. The fourth-order valence-electron chi connectivity index (χ4n) is 3.10. The van der Waals surface area contributed by atoms with Crippen LogP contribution in [0.5, 0.6) is 0 Å². The summed E-state index contributed by atoms with van der Waals surface area (Å²) in [5, 5.41) is 8.75. The molecule has 0 saturated heterocycles. The number of fused-ring (bicyclic) bond motifs is 3. The van der Waals surface area contributed by atoms with Gasteiger partial charge in [-0.2, -0.15) is 0 Å². The average molecular weight is 347 g/mol. The molecule has 1 aliphatic carbocycles. The molecule has 0 unspecified atom stereocenters. The summed E-state index contributed by atoms with van der Waals surface area (Å²) < 4.78 is 12.0. The Morgan fingerprint density at radius 3 is 2.79 bits per heavy atom. The molecule has 4 rings (SSSR count). The molecule has 1 fully saturated rings. The van der Waals surface area contributed by atoms with Crippen molar-refractivity contribution in [1.29, 1.82) is 0 Å². The molecule has 1 saturated carbocycles. The lowest BCUT2D eigenvalue weighted by Gasteiger charge is -2.32. The van der Waals surface area contributed by atoms with E-state index in [2.05, 4.69) is 15.2 Å². The maximum atomic E-state index is 11.7. The van der Waals surface area contributed by atoms with E-state index in [0.29, 0.717) is 16.7 Å². The van der Waals surface area contributed by atoms with Crippen LogP contribution in [-0.4, -0.2) is 45.9 Å². The highest BCUT2D eigenvalue weighted by molar-refractivity contribution is 6.32. The van der Waals surface area contributed by atoms with E-state index in [4.69, 9.17) is 21.1 Å². The number of benzene rings is 1. The molecule has 2 heterocycles. The third kappa shape index (κ3) is 2.23. The van der Waals surface area contributed by atoms with Gasteiger partial charge in [-0.1, -0.05) is 11.6 Å². The number of ether oxygens (including phenoxy) is 2. The Morgan fingerprint density at radius 1 is 1.29 bits per heavy atom. The summed E-state index contributed by atoms with van der Waals surface area (Å²) in [6.07, 6.45) is 2.06. The van der Waals surface area contributed by atoms with Crippen LogP contribution in [-0.2, 0) is 9.47 Å². The van der Waals surface area contributed by atoms with Gasteiger partial charge >= 0.3 is 5.97 Å². The van der Waals surface area contributed by atoms with E-state index in [9.17, 15) is 4.79 Å². The zero-order valence-electron chi connectivity index (χ0n) is 13.2. The topological polar surface area (TPSA) is 78.6 Å². The number of methoxy groups -OCH3 is 2. The van der Waals surface area contributed by atoms with E-state index < -0.39 is 5.97 Å². The Labute approximate surface area is 142 Å². The highest BCUT2D eigenvalue weighted by Gasteiger charge is 2.34. The number of carbonyl (C=O) groups excluding carboxylic acids is 1. The first-order chi connectivity index (χ1) is 11.6. The van der Waals surface area contributed by atoms with E-state index in [-0.39, 0.29) is 17.2 Å². The van der Waals surface area contributed by atoms with E-state index >= 15 is 0 Å². The van der Waals surface area contributed by atoms with Crippen LogP contribution in [0.4, 0.5) is 0 Å². The van der Waals surface area contributed by atoms with Crippen molar-refractivity contribution in [2.75, 3.05) is 14.2 Å². The molecular weight excluding hydrogens is 332 g/mol. The summed E-state index contributed by atoms with van der Waals surface area (Å²) in [6.45, 7) is 0. The van der Waals surface area contributed by atoms with Crippen LogP contribution in [0.1, 0.15) is 34.9 Å². The Morgan fingerprint density at radius 2 is 2.08 bits per heavy atom.